The zero-order chi connectivity index (χ0) is 10.5. The molecule has 2 rings (SSSR count). The topological polar surface area (TPSA) is 103 Å². The van der Waals surface area contributed by atoms with Gasteiger partial charge in [-0.25, -0.2) is 4.98 Å². The monoisotopic (exact) mass is 206 g/mol. The van der Waals surface area contributed by atoms with Crippen LogP contribution in [0.1, 0.15) is 5.89 Å². The lowest BCUT2D eigenvalue weighted by molar-refractivity contribution is 0.379. The molecule has 2 aromatic rings. The molecular formula is C8H10N6O. The fraction of sp³-hybridized carbons (Fsp3) is 0.250. The average Bonchev–Trinajstić information content (AvgIpc) is 2.71. The molecule has 15 heavy (non-hydrogen) atoms. The summed E-state index contributed by atoms with van der Waals surface area (Å²) in [5.74, 6) is 1.60. The van der Waals surface area contributed by atoms with Gasteiger partial charge >= 0.3 is 0 Å². The number of nitrogens with two attached hydrogens (primary N) is 1. The van der Waals surface area contributed by atoms with E-state index in [0.717, 1.165) is 0 Å². The van der Waals surface area contributed by atoms with E-state index in [4.69, 9.17) is 10.3 Å². The van der Waals surface area contributed by atoms with Crippen molar-refractivity contribution in [2.75, 3.05) is 17.6 Å². The van der Waals surface area contributed by atoms with Crippen molar-refractivity contribution >= 4 is 11.6 Å². The molecule has 7 nitrogen and oxygen atoms in total. The molecule has 0 aliphatic carbocycles. The maximum atomic E-state index is 5.47. The third-order valence-corrected chi connectivity index (χ3v) is 1.71. The van der Waals surface area contributed by atoms with E-state index in [9.17, 15) is 0 Å². The normalized spacial score (nSPS) is 10.1. The number of hydrogen-bond acceptors (Lipinski definition) is 7. The van der Waals surface area contributed by atoms with Crippen LogP contribution in [-0.4, -0.2) is 26.7 Å². The van der Waals surface area contributed by atoms with Crippen LogP contribution in [0, 0.1) is 0 Å². The summed E-state index contributed by atoms with van der Waals surface area (Å²) in [6.45, 7) is 0.639. The second kappa shape index (κ2) is 4.36. The van der Waals surface area contributed by atoms with E-state index in [2.05, 4.69) is 25.4 Å². The molecule has 0 unspecified atom stereocenters. The Bertz CT molecular complexity index is 415. The van der Waals surface area contributed by atoms with E-state index in [-0.39, 0.29) is 0 Å². The van der Waals surface area contributed by atoms with Crippen LogP contribution >= 0.6 is 0 Å². The van der Waals surface area contributed by atoms with E-state index in [1.807, 2.05) is 0 Å². The molecule has 0 spiro atoms. The molecule has 3 N–H and O–H groups in total. The first-order valence-corrected chi connectivity index (χ1v) is 4.41. The fourth-order valence-corrected chi connectivity index (χ4v) is 1.07. The van der Waals surface area contributed by atoms with Crippen LogP contribution in [0.15, 0.2) is 23.2 Å². The van der Waals surface area contributed by atoms with Gasteiger partial charge in [0.2, 0.25) is 5.89 Å². The van der Waals surface area contributed by atoms with Gasteiger partial charge in [-0.3, -0.25) is 4.98 Å². The molecule has 0 bridgehead atoms. The van der Waals surface area contributed by atoms with Gasteiger partial charge < -0.3 is 15.6 Å². The van der Waals surface area contributed by atoms with Crippen molar-refractivity contribution in [1.82, 2.24) is 20.1 Å². The van der Waals surface area contributed by atoms with Gasteiger partial charge in [0, 0.05) is 13.0 Å². The lowest BCUT2D eigenvalue weighted by atomic mass is 10.4. The minimum atomic E-state index is 0.387. The second-order valence-electron chi connectivity index (χ2n) is 2.84. The van der Waals surface area contributed by atoms with Crippen LogP contribution < -0.4 is 11.1 Å². The summed E-state index contributed by atoms with van der Waals surface area (Å²) in [4.78, 5) is 11.8. The maximum Gasteiger partial charge on any atom is 0.228 e. The second-order valence-corrected chi connectivity index (χ2v) is 2.84. The van der Waals surface area contributed by atoms with Gasteiger partial charge in [0.15, 0.2) is 6.33 Å². The SMILES string of the molecule is Nc1cncc(NCCc2ncno2)n1. The van der Waals surface area contributed by atoms with Gasteiger partial charge in [0.1, 0.15) is 11.6 Å². The molecule has 0 saturated heterocycles. The van der Waals surface area contributed by atoms with E-state index in [1.54, 1.807) is 6.20 Å². The number of aromatic nitrogens is 4. The highest BCUT2D eigenvalue weighted by Gasteiger charge is 1.99. The molecule has 0 atom stereocenters. The quantitative estimate of drug-likeness (QED) is 0.730. The van der Waals surface area contributed by atoms with Gasteiger partial charge in [-0.2, -0.15) is 4.98 Å². The molecule has 2 aromatic heterocycles. The first kappa shape index (κ1) is 9.38. The Morgan fingerprint density at radius 3 is 3.07 bits per heavy atom. The Kier molecular flexibility index (Phi) is 2.72. The van der Waals surface area contributed by atoms with Crippen LogP contribution in [0.2, 0.25) is 0 Å². The first-order valence-electron chi connectivity index (χ1n) is 4.41. The smallest absolute Gasteiger partial charge is 0.228 e. The van der Waals surface area contributed by atoms with E-state index in [1.165, 1.54) is 12.5 Å². The van der Waals surface area contributed by atoms with Crippen LogP contribution in [0.5, 0.6) is 0 Å². The summed E-state index contributed by atoms with van der Waals surface area (Å²) in [6.07, 6.45) is 5.10. The highest BCUT2D eigenvalue weighted by Crippen LogP contribution is 2.02. The van der Waals surface area contributed by atoms with Gasteiger partial charge in [0.05, 0.1) is 12.4 Å². The zero-order valence-electron chi connectivity index (χ0n) is 7.92. The fourth-order valence-electron chi connectivity index (χ4n) is 1.07. The largest absolute Gasteiger partial charge is 0.382 e. The molecule has 0 aromatic carbocycles. The van der Waals surface area contributed by atoms with E-state index >= 15 is 0 Å². The maximum absolute atomic E-state index is 5.47. The third kappa shape index (κ3) is 2.63. The number of nitrogens with zero attached hydrogens (tertiary/aromatic N) is 4. The minimum Gasteiger partial charge on any atom is -0.382 e. The number of nitrogens with one attached hydrogen (secondary N) is 1. The molecule has 7 heteroatoms. The molecule has 0 amide bonds. The third-order valence-electron chi connectivity index (χ3n) is 1.71. The molecule has 0 fully saturated rings. The van der Waals surface area contributed by atoms with Crippen molar-refractivity contribution in [3.63, 3.8) is 0 Å². The molecule has 0 radical (unpaired) electrons. The van der Waals surface area contributed by atoms with Crippen molar-refractivity contribution in [3.8, 4) is 0 Å². The average molecular weight is 206 g/mol. The predicted molar refractivity (Wildman–Crippen MR) is 52.9 cm³/mol. The molecule has 0 saturated carbocycles. The number of anilines is 2. The standard InChI is InChI=1S/C8H10N6O/c9-6-3-10-4-7(14-6)11-2-1-8-12-5-13-15-8/h3-5H,1-2H2,(H3,9,11,14). The minimum absolute atomic E-state index is 0.387. The molecule has 78 valence electrons. The van der Waals surface area contributed by atoms with Crippen LogP contribution in [-0.2, 0) is 6.42 Å². The summed E-state index contributed by atoms with van der Waals surface area (Å²) in [5, 5.41) is 6.54. The predicted octanol–water partition coefficient (Wildman–Crippen LogP) is 0.0964. The highest BCUT2D eigenvalue weighted by atomic mass is 16.5. The van der Waals surface area contributed by atoms with Crippen molar-refractivity contribution in [2.24, 2.45) is 0 Å². The van der Waals surface area contributed by atoms with Crippen LogP contribution in [0.3, 0.4) is 0 Å². The Labute approximate surface area is 85.7 Å². The number of rotatable bonds is 4. The van der Waals surface area contributed by atoms with Crippen molar-refractivity contribution in [3.05, 3.63) is 24.6 Å². The summed E-state index contributed by atoms with van der Waals surface area (Å²) >= 11 is 0. The summed E-state index contributed by atoms with van der Waals surface area (Å²) < 4.78 is 4.83. The Morgan fingerprint density at radius 1 is 1.40 bits per heavy atom. The van der Waals surface area contributed by atoms with E-state index in [0.29, 0.717) is 30.5 Å². The molecular weight excluding hydrogens is 196 g/mol. The van der Waals surface area contributed by atoms with Crippen molar-refractivity contribution in [1.29, 1.82) is 0 Å². The Balaban J connectivity index is 1.83. The molecule has 0 aliphatic rings. The molecule has 0 aliphatic heterocycles. The van der Waals surface area contributed by atoms with E-state index < -0.39 is 0 Å². The summed E-state index contributed by atoms with van der Waals surface area (Å²) in [6, 6.07) is 0. The van der Waals surface area contributed by atoms with Crippen LogP contribution in [0.25, 0.3) is 0 Å². The highest BCUT2D eigenvalue weighted by molar-refractivity contribution is 5.38. The lowest BCUT2D eigenvalue weighted by Crippen LogP contribution is -2.07. The van der Waals surface area contributed by atoms with Gasteiger partial charge in [0.25, 0.3) is 0 Å². The Hall–Kier alpha value is -2.18. The van der Waals surface area contributed by atoms with Crippen molar-refractivity contribution in [2.45, 2.75) is 6.42 Å². The van der Waals surface area contributed by atoms with Crippen LogP contribution in [0.4, 0.5) is 11.6 Å². The summed E-state index contributed by atoms with van der Waals surface area (Å²) in [5.41, 5.74) is 5.47. The van der Waals surface area contributed by atoms with Gasteiger partial charge in [-0.15, -0.1) is 0 Å². The van der Waals surface area contributed by atoms with Crippen molar-refractivity contribution < 1.29 is 4.52 Å². The first-order chi connectivity index (χ1) is 7.34. The van der Waals surface area contributed by atoms with Gasteiger partial charge in [-0.1, -0.05) is 5.16 Å². The number of nitrogen functional groups attached to an aromatic ring is 1. The zero-order valence-corrected chi connectivity index (χ0v) is 7.92. The molecule has 2 heterocycles. The Morgan fingerprint density at radius 2 is 2.33 bits per heavy atom. The van der Waals surface area contributed by atoms with Gasteiger partial charge in [-0.05, 0) is 0 Å². The summed E-state index contributed by atoms with van der Waals surface area (Å²) in [7, 11) is 0. The lowest BCUT2D eigenvalue weighted by Gasteiger charge is -2.02. The number of hydrogen-bond donors (Lipinski definition) is 2.